The molecule has 88 valence electrons. The molecular formula is C12H10ClFN2S. The zero-order valence-electron chi connectivity index (χ0n) is 8.86. The zero-order valence-corrected chi connectivity index (χ0v) is 10.4. The van der Waals surface area contributed by atoms with Crippen molar-refractivity contribution in [2.75, 3.05) is 5.73 Å². The van der Waals surface area contributed by atoms with Crippen molar-refractivity contribution in [2.45, 2.75) is 10.6 Å². The van der Waals surface area contributed by atoms with Gasteiger partial charge in [-0.1, -0.05) is 11.6 Å². The number of nitrogens with two attached hydrogens (primary N) is 1. The third-order valence-electron chi connectivity index (χ3n) is 2.21. The van der Waals surface area contributed by atoms with Crippen molar-refractivity contribution in [3.05, 3.63) is 53.1 Å². The Morgan fingerprint density at radius 3 is 2.88 bits per heavy atom. The van der Waals surface area contributed by atoms with Crippen molar-refractivity contribution in [3.8, 4) is 0 Å². The fourth-order valence-electron chi connectivity index (χ4n) is 1.33. The van der Waals surface area contributed by atoms with E-state index < -0.39 is 0 Å². The van der Waals surface area contributed by atoms with Gasteiger partial charge in [-0.2, -0.15) is 0 Å². The van der Waals surface area contributed by atoms with Gasteiger partial charge in [0.1, 0.15) is 5.82 Å². The molecule has 1 heterocycles. The molecule has 0 atom stereocenters. The molecule has 0 aliphatic heterocycles. The highest BCUT2D eigenvalue weighted by Gasteiger charge is 2.04. The molecule has 2 nitrogen and oxygen atoms in total. The van der Waals surface area contributed by atoms with E-state index in [1.807, 2.05) is 6.07 Å². The van der Waals surface area contributed by atoms with Gasteiger partial charge in [0.25, 0.3) is 0 Å². The second-order valence-electron chi connectivity index (χ2n) is 3.44. The molecular weight excluding hydrogens is 259 g/mol. The van der Waals surface area contributed by atoms with Gasteiger partial charge in [-0.25, -0.2) is 4.39 Å². The summed E-state index contributed by atoms with van der Waals surface area (Å²) < 4.78 is 12.9. The summed E-state index contributed by atoms with van der Waals surface area (Å²) in [4.78, 5) is 4.76. The lowest BCUT2D eigenvalue weighted by atomic mass is 10.3. The smallest absolute Gasteiger partial charge is 0.125 e. The average Bonchev–Trinajstić information content (AvgIpc) is 2.30. The maximum absolute atomic E-state index is 12.9. The number of hydrogen-bond donors (Lipinski definition) is 1. The lowest BCUT2D eigenvalue weighted by Gasteiger charge is -2.06. The summed E-state index contributed by atoms with van der Waals surface area (Å²) in [5, 5.41) is 0.626. The third-order valence-corrected chi connectivity index (χ3v) is 3.69. The molecule has 0 bridgehead atoms. The van der Waals surface area contributed by atoms with Crippen molar-refractivity contribution < 1.29 is 4.39 Å². The molecule has 2 rings (SSSR count). The first-order valence-corrected chi connectivity index (χ1v) is 6.29. The van der Waals surface area contributed by atoms with E-state index >= 15 is 0 Å². The largest absolute Gasteiger partial charge is 0.398 e. The molecule has 1 aromatic carbocycles. The van der Waals surface area contributed by atoms with Gasteiger partial charge in [0, 0.05) is 28.7 Å². The first-order valence-electron chi connectivity index (χ1n) is 4.93. The number of thioether (sulfide) groups is 1. The van der Waals surface area contributed by atoms with Crippen LogP contribution in [0.15, 0.2) is 41.6 Å². The van der Waals surface area contributed by atoms with Crippen LogP contribution in [0.4, 0.5) is 10.1 Å². The van der Waals surface area contributed by atoms with Crippen molar-refractivity contribution in [3.63, 3.8) is 0 Å². The molecule has 0 aliphatic rings. The Hall–Kier alpha value is -1.26. The Bertz CT molecular complexity index is 534. The molecule has 1 aromatic heterocycles. The molecule has 5 heteroatoms. The third kappa shape index (κ3) is 3.11. The van der Waals surface area contributed by atoms with Gasteiger partial charge in [0.05, 0.1) is 5.02 Å². The van der Waals surface area contributed by atoms with E-state index in [0.29, 0.717) is 16.5 Å². The van der Waals surface area contributed by atoms with E-state index in [0.717, 1.165) is 10.5 Å². The number of nitrogens with zero attached hydrogens (tertiary/aromatic N) is 1. The predicted molar refractivity (Wildman–Crippen MR) is 69.6 cm³/mol. The minimum Gasteiger partial charge on any atom is -0.398 e. The Kier molecular flexibility index (Phi) is 3.86. The lowest BCUT2D eigenvalue weighted by Crippen LogP contribution is -1.91. The number of benzene rings is 1. The normalized spacial score (nSPS) is 10.5. The molecule has 17 heavy (non-hydrogen) atoms. The average molecular weight is 269 g/mol. The van der Waals surface area contributed by atoms with Crippen molar-refractivity contribution in [2.24, 2.45) is 0 Å². The molecule has 0 spiro atoms. The molecule has 0 amide bonds. The molecule has 0 aliphatic carbocycles. The van der Waals surface area contributed by atoms with Gasteiger partial charge in [-0.05, 0) is 29.8 Å². The van der Waals surface area contributed by atoms with E-state index in [2.05, 4.69) is 4.98 Å². The highest BCUT2D eigenvalue weighted by Crippen LogP contribution is 2.30. The Morgan fingerprint density at radius 1 is 1.35 bits per heavy atom. The second-order valence-corrected chi connectivity index (χ2v) is 4.86. The number of aromatic nitrogens is 1. The summed E-state index contributed by atoms with van der Waals surface area (Å²) in [6.07, 6.45) is 3.29. The first-order chi connectivity index (χ1) is 8.16. The molecule has 0 saturated heterocycles. The van der Waals surface area contributed by atoms with E-state index in [-0.39, 0.29) is 5.82 Å². The monoisotopic (exact) mass is 268 g/mol. The van der Waals surface area contributed by atoms with Gasteiger partial charge < -0.3 is 5.73 Å². The number of rotatable bonds is 3. The molecule has 2 N–H and O–H groups in total. The summed E-state index contributed by atoms with van der Waals surface area (Å²) in [6, 6.07) is 6.24. The Labute approximate surface area is 108 Å². The summed E-state index contributed by atoms with van der Waals surface area (Å²) in [7, 11) is 0. The highest BCUT2D eigenvalue weighted by atomic mass is 35.5. The summed E-state index contributed by atoms with van der Waals surface area (Å²) in [6.45, 7) is 0. The van der Waals surface area contributed by atoms with Crippen LogP contribution in [-0.4, -0.2) is 4.98 Å². The van der Waals surface area contributed by atoms with E-state index in [1.165, 1.54) is 23.9 Å². The van der Waals surface area contributed by atoms with Crippen LogP contribution >= 0.6 is 23.4 Å². The van der Waals surface area contributed by atoms with Crippen LogP contribution in [0.5, 0.6) is 0 Å². The quantitative estimate of drug-likeness (QED) is 0.681. The molecule has 0 saturated carbocycles. The predicted octanol–water partition coefficient (Wildman–Crippen LogP) is 3.75. The fraction of sp³-hybridized carbons (Fsp3) is 0.0833. The van der Waals surface area contributed by atoms with E-state index in [4.69, 9.17) is 17.3 Å². The summed E-state index contributed by atoms with van der Waals surface area (Å²) in [5.74, 6) is 0.353. The summed E-state index contributed by atoms with van der Waals surface area (Å²) in [5.41, 5.74) is 7.14. The summed E-state index contributed by atoms with van der Waals surface area (Å²) >= 11 is 7.51. The first kappa shape index (κ1) is 12.2. The minimum atomic E-state index is -0.325. The lowest BCUT2D eigenvalue weighted by molar-refractivity contribution is 0.627. The number of anilines is 1. The van der Waals surface area contributed by atoms with Crippen LogP contribution in [-0.2, 0) is 5.75 Å². The highest BCUT2D eigenvalue weighted by molar-refractivity contribution is 7.98. The molecule has 0 unspecified atom stereocenters. The van der Waals surface area contributed by atoms with Crippen LogP contribution in [0, 0.1) is 5.82 Å². The van der Waals surface area contributed by atoms with Gasteiger partial charge in [0.15, 0.2) is 0 Å². The zero-order chi connectivity index (χ0) is 12.3. The molecule has 0 fully saturated rings. The maximum Gasteiger partial charge on any atom is 0.125 e. The van der Waals surface area contributed by atoms with E-state index in [9.17, 15) is 4.39 Å². The Balaban J connectivity index is 2.10. The van der Waals surface area contributed by atoms with Gasteiger partial charge in [-0.15, -0.1) is 11.8 Å². The number of hydrogen-bond acceptors (Lipinski definition) is 3. The van der Waals surface area contributed by atoms with E-state index in [1.54, 1.807) is 18.5 Å². The van der Waals surface area contributed by atoms with Gasteiger partial charge >= 0.3 is 0 Å². The van der Waals surface area contributed by atoms with Crippen molar-refractivity contribution in [1.29, 1.82) is 0 Å². The van der Waals surface area contributed by atoms with Crippen LogP contribution in [0.25, 0.3) is 0 Å². The standard InChI is InChI=1S/C12H10ClFN2S/c13-10-6-16-4-3-8(10)7-17-12-2-1-9(14)5-11(12)15/h1-6H,7,15H2. The fourth-order valence-corrected chi connectivity index (χ4v) is 2.55. The number of halogens is 2. The molecule has 2 aromatic rings. The van der Waals surface area contributed by atoms with Crippen LogP contribution in [0.1, 0.15) is 5.56 Å². The van der Waals surface area contributed by atoms with Gasteiger partial charge in [-0.3, -0.25) is 4.98 Å². The second kappa shape index (κ2) is 5.38. The van der Waals surface area contributed by atoms with Crippen molar-refractivity contribution >= 4 is 29.1 Å². The Morgan fingerprint density at radius 2 is 2.18 bits per heavy atom. The topological polar surface area (TPSA) is 38.9 Å². The minimum absolute atomic E-state index is 0.325. The van der Waals surface area contributed by atoms with Gasteiger partial charge in [0.2, 0.25) is 0 Å². The van der Waals surface area contributed by atoms with Crippen LogP contribution in [0.3, 0.4) is 0 Å². The van der Waals surface area contributed by atoms with Crippen LogP contribution in [0.2, 0.25) is 5.02 Å². The maximum atomic E-state index is 12.9. The number of pyridine rings is 1. The van der Waals surface area contributed by atoms with Crippen LogP contribution < -0.4 is 5.73 Å². The molecule has 0 radical (unpaired) electrons. The number of nitrogen functional groups attached to an aromatic ring is 1. The van der Waals surface area contributed by atoms with Crippen molar-refractivity contribution in [1.82, 2.24) is 4.98 Å². The SMILES string of the molecule is Nc1cc(F)ccc1SCc1ccncc1Cl.